The van der Waals surface area contributed by atoms with Gasteiger partial charge in [-0.15, -0.1) is 0 Å². The third kappa shape index (κ3) is 9.32. The van der Waals surface area contributed by atoms with Crippen molar-refractivity contribution in [1.29, 1.82) is 0 Å². The largest absolute Gasteiger partial charge is 0.382 e. The summed E-state index contributed by atoms with van der Waals surface area (Å²) in [7, 11) is 0. The number of carbonyl (C=O) groups excluding carboxylic acids is 3. The first-order valence-corrected chi connectivity index (χ1v) is 10.1. The molecule has 0 spiro atoms. The molecule has 0 saturated heterocycles. The smallest absolute Gasteiger partial charge is 0.220 e. The van der Waals surface area contributed by atoms with E-state index in [-0.39, 0.29) is 29.7 Å². The van der Waals surface area contributed by atoms with Crippen molar-refractivity contribution < 1.29 is 19.1 Å². The molecule has 0 atom stereocenters. The molecule has 26 heavy (non-hydrogen) atoms. The van der Waals surface area contributed by atoms with Crippen LogP contribution in [0.3, 0.4) is 0 Å². The van der Waals surface area contributed by atoms with E-state index in [1.54, 1.807) is 0 Å². The molecule has 150 valence electrons. The fourth-order valence-corrected chi connectivity index (χ4v) is 3.34. The summed E-state index contributed by atoms with van der Waals surface area (Å²) in [5.74, 6) is 0.600. The zero-order chi connectivity index (χ0) is 19.4. The van der Waals surface area contributed by atoms with Gasteiger partial charge in [-0.05, 0) is 45.4 Å². The third-order valence-corrected chi connectivity index (χ3v) is 4.86. The highest BCUT2D eigenvalue weighted by Crippen LogP contribution is 2.27. The molecule has 1 aliphatic carbocycles. The zero-order valence-corrected chi connectivity index (χ0v) is 16.6. The molecule has 0 radical (unpaired) electrons. The lowest BCUT2D eigenvalue weighted by Crippen LogP contribution is -2.39. The number of Topliss-reactive ketones (excluding diaryl/α,β-unsaturated/α-hetero) is 1. The topological polar surface area (TPSA) is 84.5 Å². The van der Waals surface area contributed by atoms with Crippen molar-refractivity contribution in [2.45, 2.75) is 78.2 Å². The summed E-state index contributed by atoms with van der Waals surface area (Å²) in [6, 6.07) is 0.172. The molecular formula is C20H36N2O4. The average Bonchev–Trinajstić information content (AvgIpc) is 2.61. The van der Waals surface area contributed by atoms with Gasteiger partial charge in [0.1, 0.15) is 5.78 Å². The highest BCUT2D eigenvalue weighted by Gasteiger charge is 2.28. The van der Waals surface area contributed by atoms with Crippen LogP contribution in [0.15, 0.2) is 0 Å². The van der Waals surface area contributed by atoms with Crippen LogP contribution in [0.4, 0.5) is 0 Å². The Bertz CT molecular complexity index is 443. The van der Waals surface area contributed by atoms with Crippen LogP contribution in [-0.4, -0.2) is 43.4 Å². The second-order valence-electron chi connectivity index (χ2n) is 7.43. The Balaban J connectivity index is 2.08. The van der Waals surface area contributed by atoms with Crippen LogP contribution in [0.2, 0.25) is 0 Å². The molecule has 1 aliphatic rings. The van der Waals surface area contributed by atoms with E-state index >= 15 is 0 Å². The van der Waals surface area contributed by atoms with Gasteiger partial charge in [0.2, 0.25) is 11.8 Å². The van der Waals surface area contributed by atoms with E-state index in [0.717, 1.165) is 32.1 Å². The van der Waals surface area contributed by atoms with E-state index in [0.29, 0.717) is 44.8 Å². The lowest BCUT2D eigenvalue weighted by molar-refractivity contribution is -0.127. The highest BCUT2D eigenvalue weighted by molar-refractivity contribution is 5.83. The van der Waals surface area contributed by atoms with Crippen LogP contribution in [0.25, 0.3) is 0 Å². The predicted molar refractivity (Wildman–Crippen MR) is 102 cm³/mol. The molecule has 0 aromatic heterocycles. The van der Waals surface area contributed by atoms with Crippen LogP contribution in [0.1, 0.15) is 72.1 Å². The lowest BCUT2D eigenvalue weighted by atomic mass is 9.80. The normalized spacial score (nSPS) is 20.0. The van der Waals surface area contributed by atoms with Crippen molar-refractivity contribution in [2.24, 2.45) is 11.8 Å². The molecule has 2 N–H and O–H groups in total. The number of hydrogen-bond acceptors (Lipinski definition) is 4. The van der Waals surface area contributed by atoms with Gasteiger partial charge in [0, 0.05) is 50.5 Å². The number of ether oxygens (including phenoxy) is 1. The third-order valence-electron chi connectivity index (χ3n) is 4.86. The molecule has 0 unspecified atom stereocenters. The monoisotopic (exact) mass is 368 g/mol. The Labute approximate surface area is 157 Å². The van der Waals surface area contributed by atoms with Gasteiger partial charge in [0.25, 0.3) is 0 Å². The van der Waals surface area contributed by atoms with Gasteiger partial charge in [-0.3, -0.25) is 14.4 Å². The average molecular weight is 369 g/mol. The second-order valence-corrected chi connectivity index (χ2v) is 7.43. The van der Waals surface area contributed by atoms with E-state index < -0.39 is 0 Å². The maximum absolute atomic E-state index is 12.0. The van der Waals surface area contributed by atoms with Crippen molar-refractivity contribution >= 4 is 17.6 Å². The van der Waals surface area contributed by atoms with Crippen LogP contribution < -0.4 is 10.6 Å². The summed E-state index contributed by atoms with van der Waals surface area (Å²) in [6.45, 7) is 7.81. The molecule has 2 amide bonds. The number of nitrogens with one attached hydrogen (secondary N) is 2. The molecular weight excluding hydrogens is 332 g/mol. The van der Waals surface area contributed by atoms with Gasteiger partial charge in [-0.1, -0.05) is 13.8 Å². The van der Waals surface area contributed by atoms with E-state index in [9.17, 15) is 14.4 Å². The minimum Gasteiger partial charge on any atom is -0.382 e. The Hall–Kier alpha value is -1.43. The fraction of sp³-hybridized carbons (Fsp3) is 0.850. The molecule has 0 bridgehead atoms. The van der Waals surface area contributed by atoms with Crippen molar-refractivity contribution in [3.63, 3.8) is 0 Å². The number of hydrogen-bond donors (Lipinski definition) is 2. The number of rotatable bonds is 12. The molecule has 1 rings (SSSR count). The second kappa shape index (κ2) is 12.8. The molecule has 1 saturated carbocycles. The van der Waals surface area contributed by atoms with Crippen molar-refractivity contribution in [3.8, 4) is 0 Å². The minimum absolute atomic E-state index is 0.00721. The van der Waals surface area contributed by atoms with Gasteiger partial charge in [0.15, 0.2) is 0 Å². The Morgan fingerprint density at radius 3 is 2.27 bits per heavy atom. The van der Waals surface area contributed by atoms with Gasteiger partial charge in [0.05, 0.1) is 0 Å². The maximum Gasteiger partial charge on any atom is 0.220 e. The first kappa shape index (κ1) is 22.6. The van der Waals surface area contributed by atoms with E-state index in [1.165, 1.54) is 0 Å². The Morgan fingerprint density at radius 1 is 1.00 bits per heavy atom. The number of ketones is 1. The van der Waals surface area contributed by atoms with E-state index in [2.05, 4.69) is 10.6 Å². The summed E-state index contributed by atoms with van der Waals surface area (Å²) < 4.78 is 5.21. The van der Waals surface area contributed by atoms with Gasteiger partial charge < -0.3 is 15.4 Å². The van der Waals surface area contributed by atoms with Gasteiger partial charge in [-0.2, -0.15) is 0 Å². The predicted octanol–water partition coefficient (Wildman–Crippen LogP) is 2.60. The Kier molecular flexibility index (Phi) is 11.2. The fourth-order valence-electron chi connectivity index (χ4n) is 3.34. The summed E-state index contributed by atoms with van der Waals surface area (Å²) in [5, 5.41) is 5.89. The first-order chi connectivity index (χ1) is 12.4. The van der Waals surface area contributed by atoms with Crippen molar-refractivity contribution in [2.75, 3.05) is 19.8 Å². The molecule has 0 aromatic carbocycles. The number of carbonyl (C=O) groups is 3. The lowest BCUT2D eigenvalue weighted by Gasteiger charge is -2.29. The van der Waals surface area contributed by atoms with Gasteiger partial charge in [-0.25, -0.2) is 0 Å². The SMILES string of the molecule is CCOCCCNC(=O)CCCC(=O)N[C@H]1CC[C@@H](C(=O)C(C)C)CC1. The molecule has 6 heteroatoms. The standard InChI is InChI=1S/C20H36N2O4/c1-4-26-14-6-13-21-18(23)7-5-8-19(24)22-17-11-9-16(10-12-17)20(25)15(2)3/h15-17H,4-14H2,1-3H3,(H,21,23)(H,22,24)/t16-,17+. The highest BCUT2D eigenvalue weighted by atomic mass is 16.5. The summed E-state index contributed by atoms with van der Waals surface area (Å²) >= 11 is 0. The zero-order valence-electron chi connectivity index (χ0n) is 16.6. The van der Waals surface area contributed by atoms with Crippen LogP contribution in [0.5, 0.6) is 0 Å². The number of amides is 2. The Morgan fingerprint density at radius 2 is 1.65 bits per heavy atom. The summed E-state index contributed by atoms with van der Waals surface area (Å²) in [4.78, 5) is 35.7. The summed E-state index contributed by atoms with van der Waals surface area (Å²) in [6.07, 6.45) is 5.59. The molecule has 6 nitrogen and oxygen atoms in total. The quantitative estimate of drug-likeness (QED) is 0.519. The maximum atomic E-state index is 12.0. The van der Waals surface area contributed by atoms with Crippen LogP contribution >= 0.6 is 0 Å². The molecule has 0 aliphatic heterocycles. The van der Waals surface area contributed by atoms with E-state index in [1.807, 2.05) is 20.8 Å². The van der Waals surface area contributed by atoms with Gasteiger partial charge >= 0.3 is 0 Å². The van der Waals surface area contributed by atoms with Crippen LogP contribution in [0, 0.1) is 11.8 Å². The van der Waals surface area contributed by atoms with Crippen molar-refractivity contribution in [1.82, 2.24) is 10.6 Å². The summed E-state index contributed by atoms with van der Waals surface area (Å²) in [5.41, 5.74) is 0. The minimum atomic E-state index is -0.0120. The van der Waals surface area contributed by atoms with Crippen LogP contribution in [-0.2, 0) is 19.1 Å². The van der Waals surface area contributed by atoms with E-state index in [4.69, 9.17) is 4.74 Å². The van der Waals surface area contributed by atoms with Crippen molar-refractivity contribution in [3.05, 3.63) is 0 Å². The molecule has 0 aromatic rings. The molecule has 1 fully saturated rings. The first-order valence-electron chi connectivity index (χ1n) is 10.1. The molecule has 0 heterocycles.